The number of amides is 1. The van der Waals surface area contributed by atoms with Gasteiger partial charge < -0.3 is 9.84 Å². The maximum atomic E-state index is 12.2. The van der Waals surface area contributed by atoms with E-state index in [1.807, 2.05) is 26.0 Å². The van der Waals surface area contributed by atoms with Crippen LogP contribution in [0.15, 0.2) is 28.8 Å². The second-order valence-electron chi connectivity index (χ2n) is 5.36. The van der Waals surface area contributed by atoms with E-state index in [4.69, 9.17) is 4.52 Å². The predicted octanol–water partition coefficient (Wildman–Crippen LogP) is 2.00. The van der Waals surface area contributed by atoms with E-state index in [1.165, 1.54) is 6.07 Å². The smallest absolute Gasteiger partial charge is 0.245 e. The number of rotatable bonds is 5. The van der Waals surface area contributed by atoms with Crippen LogP contribution < -0.4 is 9.62 Å². The fourth-order valence-electron chi connectivity index (χ4n) is 2.05. The van der Waals surface area contributed by atoms with Gasteiger partial charge in [0.2, 0.25) is 15.9 Å². The molecule has 0 fully saturated rings. The Morgan fingerprint density at radius 2 is 2.00 bits per heavy atom. The van der Waals surface area contributed by atoms with Crippen LogP contribution in [0.25, 0.3) is 0 Å². The van der Waals surface area contributed by atoms with Crippen molar-refractivity contribution in [3.63, 3.8) is 0 Å². The van der Waals surface area contributed by atoms with Crippen LogP contribution in [0.1, 0.15) is 16.9 Å². The number of carbonyl (C=O) groups is 1. The fraction of sp³-hybridized carbons (Fsp3) is 0.333. The van der Waals surface area contributed by atoms with E-state index in [1.54, 1.807) is 13.0 Å². The van der Waals surface area contributed by atoms with Gasteiger partial charge in [0.05, 0.1) is 6.26 Å². The largest absolute Gasteiger partial charge is 0.360 e. The van der Waals surface area contributed by atoms with Crippen molar-refractivity contribution in [2.24, 2.45) is 0 Å². The van der Waals surface area contributed by atoms with Crippen LogP contribution in [-0.2, 0) is 14.8 Å². The van der Waals surface area contributed by atoms with E-state index in [0.29, 0.717) is 11.4 Å². The van der Waals surface area contributed by atoms with Crippen molar-refractivity contribution < 1.29 is 17.7 Å². The molecule has 1 heterocycles. The molecule has 0 aliphatic carbocycles. The van der Waals surface area contributed by atoms with Crippen molar-refractivity contribution in [2.45, 2.75) is 20.8 Å². The van der Waals surface area contributed by atoms with Crippen molar-refractivity contribution >= 4 is 27.4 Å². The Bertz CT molecular complexity index is 827. The van der Waals surface area contributed by atoms with Crippen molar-refractivity contribution in [3.05, 3.63) is 41.2 Å². The number of sulfonamides is 1. The number of benzene rings is 1. The van der Waals surface area contributed by atoms with Gasteiger partial charge in [0, 0.05) is 11.8 Å². The van der Waals surface area contributed by atoms with Crippen molar-refractivity contribution in [2.75, 3.05) is 22.4 Å². The normalized spacial score (nSPS) is 11.3. The SMILES string of the molecule is Cc1cc(N(CC(=O)Nc2cccc(C)c2C)S(C)(=O)=O)no1. The summed E-state index contributed by atoms with van der Waals surface area (Å²) >= 11 is 0. The lowest BCUT2D eigenvalue weighted by Crippen LogP contribution is -2.37. The lowest BCUT2D eigenvalue weighted by Gasteiger charge is -2.19. The molecule has 124 valence electrons. The van der Waals surface area contributed by atoms with Crippen LogP contribution in [0.4, 0.5) is 11.5 Å². The zero-order valence-corrected chi connectivity index (χ0v) is 14.3. The monoisotopic (exact) mass is 337 g/mol. The summed E-state index contributed by atoms with van der Waals surface area (Å²) in [6.07, 6.45) is 1.02. The third-order valence-electron chi connectivity index (χ3n) is 3.44. The molecule has 0 saturated heterocycles. The molecule has 0 aliphatic rings. The maximum Gasteiger partial charge on any atom is 0.245 e. The number of nitrogens with zero attached hydrogens (tertiary/aromatic N) is 2. The molecule has 8 heteroatoms. The minimum absolute atomic E-state index is 0.0844. The van der Waals surface area contributed by atoms with Crippen LogP contribution in [0.3, 0.4) is 0 Å². The molecule has 0 spiro atoms. The Hall–Kier alpha value is -2.35. The van der Waals surface area contributed by atoms with Crippen molar-refractivity contribution in [1.82, 2.24) is 5.16 Å². The number of nitrogens with one attached hydrogen (secondary N) is 1. The summed E-state index contributed by atoms with van der Waals surface area (Å²) in [6.45, 7) is 5.09. The van der Waals surface area contributed by atoms with Gasteiger partial charge in [0.25, 0.3) is 0 Å². The van der Waals surface area contributed by atoms with Crippen LogP contribution in [0, 0.1) is 20.8 Å². The molecule has 0 bridgehead atoms. The highest BCUT2D eigenvalue weighted by Crippen LogP contribution is 2.20. The second-order valence-corrected chi connectivity index (χ2v) is 7.27. The van der Waals surface area contributed by atoms with Crippen LogP contribution >= 0.6 is 0 Å². The fourth-order valence-corrected chi connectivity index (χ4v) is 2.82. The zero-order chi connectivity index (χ0) is 17.2. The van der Waals surface area contributed by atoms with Gasteiger partial charge in [-0.25, -0.2) is 12.7 Å². The molecule has 1 amide bonds. The third kappa shape index (κ3) is 4.10. The van der Waals surface area contributed by atoms with Crippen molar-refractivity contribution in [3.8, 4) is 0 Å². The number of aromatic nitrogens is 1. The van der Waals surface area contributed by atoms with Gasteiger partial charge in [-0.15, -0.1) is 0 Å². The lowest BCUT2D eigenvalue weighted by molar-refractivity contribution is -0.114. The number of hydrogen-bond donors (Lipinski definition) is 1. The third-order valence-corrected chi connectivity index (χ3v) is 4.55. The average Bonchev–Trinajstić information content (AvgIpc) is 2.86. The quantitative estimate of drug-likeness (QED) is 0.901. The van der Waals surface area contributed by atoms with Gasteiger partial charge in [0.15, 0.2) is 5.82 Å². The molecule has 2 rings (SSSR count). The highest BCUT2D eigenvalue weighted by molar-refractivity contribution is 7.92. The molecule has 1 aromatic carbocycles. The Balaban J connectivity index is 2.20. The standard InChI is InChI=1S/C15H19N3O4S/c1-10-6-5-7-13(12(10)3)16-15(19)9-18(23(4,20)21)14-8-11(2)22-17-14/h5-8H,9H2,1-4H3,(H,16,19). The van der Waals surface area contributed by atoms with Gasteiger partial charge in [-0.1, -0.05) is 17.3 Å². The second kappa shape index (κ2) is 6.41. The Morgan fingerprint density at radius 3 is 2.57 bits per heavy atom. The first-order valence-corrected chi connectivity index (χ1v) is 8.80. The van der Waals surface area contributed by atoms with E-state index >= 15 is 0 Å². The van der Waals surface area contributed by atoms with E-state index < -0.39 is 15.9 Å². The lowest BCUT2D eigenvalue weighted by atomic mass is 10.1. The molecule has 0 atom stereocenters. The summed E-state index contributed by atoms with van der Waals surface area (Å²) in [6, 6.07) is 7.00. The molecular weight excluding hydrogens is 318 g/mol. The molecule has 0 aliphatic heterocycles. The van der Waals surface area contributed by atoms with Crippen LogP contribution in [0.2, 0.25) is 0 Å². The van der Waals surface area contributed by atoms with E-state index in [0.717, 1.165) is 21.7 Å². The van der Waals surface area contributed by atoms with Crippen LogP contribution in [-0.4, -0.2) is 32.3 Å². The molecule has 1 N–H and O–H groups in total. The van der Waals surface area contributed by atoms with Gasteiger partial charge in [0.1, 0.15) is 12.3 Å². The molecule has 2 aromatic rings. The van der Waals surface area contributed by atoms with Gasteiger partial charge in [-0.2, -0.15) is 0 Å². The number of aryl methyl sites for hydroxylation is 2. The summed E-state index contributed by atoms with van der Waals surface area (Å²) < 4.78 is 29.6. The van der Waals surface area contributed by atoms with E-state index in [-0.39, 0.29) is 12.4 Å². The van der Waals surface area contributed by atoms with Gasteiger partial charge in [-0.3, -0.25) is 4.79 Å². The highest BCUT2D eigenvalue weighted by atomic mass is 32.2. The number of hydrogen-bond acceptors (Lipinski definition) is 5. The van der Waals surface area contributed by atoms with Gasteiger partial charge >= 0.3 is 0 Å². The molecule has 1 aromatic heterocycles. The van der Waals surface area contributed by atoms with Crippen molar-refractivity contribution in [1.29, 1.82) is 0 Å². The average molecular weight is 337 g/mol. The topological polar surface area (TPSA) is 92.5 Å². The Kier molecular flexibility index (Phi) is 4.74. The predicted molar refractivity (Wildman–Crippen MR) is 88.0 cm³/mol. The molecule has 0 unspecified atom stereocenters. The summed E-state index contributed by atoms with van der Waals surface area (Å²) in [5.74, 6) is 0.0921. The first-order valence-electron chi connectivity index (χ1n) is 6.95. The van der Waals surface area contributed by atoms with Crippen LogP contribution in [0.5, 0.6) is 0 Å². The summed E-state index contributed by atoms with van der Waals surface area (Å²) in [5.41, 5.74) is 2.62. The molecule has 23 heavy (non-hydrogen) atoms. The summed E-state index contributed by atoms with van der Waals surface area (Å²) in [7, 11) is -3.66. The molecule has 0 saturated carbocycles. The minimum Gasteiger partial charge on any atom is -0.360 e. The maximum absolute atomic E-state index is 12.2. The first kappa shape index (κ1) is 17.0. The Labute approximate surface area is 135 Å². The summed E-state index contributed by atoms with van der Waals surface area (Å²) in [4.78, 5) is 12.2. The van der Waals surface area contributed by atoms with Gasteiger partial charge in [-0.05, 0) is 38.0 Å². The molecule has 0 radical (unpaired) electrons. The first-order chi connectivity index (χ1) is 10.7. The van der Waals surface area contributed by atoms with E-state index in [9.17, 15) is 13.2 Å². The molecular formula is C15H19N3O4S. The highest BCUT2D eigenvalue weighted by Gasteiger charge is 2.24. The zero-order valence-electron chi connectivity index (χ0n) is 13.5. The van der Waals surface area contributed by atoms with E-state index in [2.05, 4.69) is 10.5 Å². The number of anilines is 2. The Morgan fingerprint density at radius 1 is 1.30 bits per heavy atom. The summed E-state index contributed by atoms with van der Waals surface area (Å²) in [5, 5.41) is 6.39. The minimum atomic E-state index is -3.66. The number of carbonyl (C=O) groups excluding carboxylic acids is 1. The molecule has 7 nitrogen and oxygen atoms in total.